The van der Waals surface area contributed by atoms with Gasteiger partial charge in [0.1, 0.15) is 17.9 Å². The van der Waals surface area contributed by atoms with Crippen LogP contribution < -0.4 is 14.8 Å². The van der Waals surface area contributed by atoms with Crippen LogP contribution in [-0.4, -0.2) is 38.0 Å². The fraction of sp³-hybridized carbons (Fsp3) is 0.250. The minimum absolute atomic E-state index is 0.116. The molecule has 5 heterocycles. The van der Waals surface area contributed by atoms with Crippen molar-refractivity contribution in [2.45, 2.75) is 18.9 Å². The van der Waals surface area contributed by atoms with Crippen LogP contribution in [0.25, 0.3) is 16.9 Å². The van der Waals surface area contributed by atoms with Gasteiger partial charge in [0, 0.05) is 35.3 Å². The van der Waals surface area contributed by atoms with Crippen LogP contribution >= 0.6 is 0 Å². The highest BCUT2D eigenvalue weighted by Gasteiger charge is 2.30. The molecule has 2 N–H and O–H groups in total. The van der Waals surface area contributed by atoms with Crippen LogP contribution in [0.4, 0.5) is 10.2 Å². The first kappa shape index (κ1) is 16.3. The van der Waals surface area contributed by atoms with Crippen LogP contribution in [0.5, 0.6) is 11.5 Å². The number of ether oxygens (including phenoxy) is 2. The van der Waals surface area contributed by atoms with Gasteiger partial charge in [-0.3, -0.25) is 9.50 Å². The Morgan fingerprint density at radius 1 is 1.17 bits per heavy atom. The van der Waals surface area contributed by atoms with Gasteiger partial charge in [0.15, 0.2) is 17.2 Å². The van der Waals surface area contributed by atoms with Crippen molar-refractivity contribution < 1.29 is 13.9 Å². The molecular formula is C20H17FN6O2. The third kappa shape index (κ3) is 2.47. The molecule has 0 unspecified atom stereocenters. The summed E-state index contributed by atoms with van der Waals surface area (Å²) in [4.78, 5) is 0. The van der Waals surface area contributed by atoms with E-state index in [2.05, 4.69) is 25.7 Å². The number of hydrogen-bond acceptors (Lipinski definition) is 6. The number of halogens is 1. The van der Waals surface area contributed by atoms with E-state index in [1.54, 1.807) is 18.6 Å². The van der Waals surface area contributed by atoms with Gasteiger partial charge in [0.2, 0.25) is 0 Å². The highest BCUT2D eigenvalue weighted by Crippen LogP contribution is 2.41. The maximum atomic E-state index is 14.7. The Balaban J connectivity index is 1.50. The molecule has 0 amide bonds. The zero-order chi connectivity index (χ0) is 19.4. The molecule has 2 aliphatic rings. The minimum atomic E-state index is -0.233. The van der Waals surface area contributed by atoms with Gasteiger partial charge in [-0.2, -0.15) is 5.10 Å². The summed E-state index contributed by atoms with van der Waals surface area (Å²) in [5.41, 5.74) is 3.88. The van der Waals surface area contributed by atoms with E-state index in [0.29, 0.717) is 42.5 Å². The van der Waals surface area contributed by atoms with Gasteiger partial charge in [0.25, 0.3) is 0 Å². The number of benzene rings is 1. The van der Waals surface area contributed by atoms with Crippen LogP contribution in [0.15, 0.2) is 36.8 Å². The number of aromatic nitrogens is 5. The van der Waals surface area contributed by atoms with E-state index in [-0.39, 0.29) is 11.7 Å². The van der Waals surface area contributed by atoms with Crippen molar-refractivity contribution >= 4 is 11.5 Å². The number of nitrogens with zero attached hydrogens (tertiary/aromatic N) is 4. The SMILES string of the molecule is Fc1ccc2c3c1CNc1c(cc(-c4ccn[nH]4)c4nncn14)OCC[C@H]3CO2. The van der Waals surface area contributed by atoms with Crippen LogP contribution in [-0.2, 0) is 6.54 Å². The molecule has 0 aliphatic carbocycles. The van der Waals surface area contributed by atoms with Crippen LogP contribution in [0, 0.1) is 5.82 Å². The lowest BCUT2D eigenvalue weighted by Gasteiger charge is -2.21. The smallest absolute Gasteiger partial charge is 0.171 e. The van der Waals surface area contributed by atoms with Crippen molar-refractivity contribution in [1.82, 2.24) is 24.8 Å². The van der Waals surface area contributed by atoms with E-state index in [1.807, 2.05) is 16.5 Å². The van der Waals surface area contributed by atoms with Gasteiger partial charge >= 0.3 is 0 Å². The van der Waals surface area contributed by atoms with E-state index < -0.39 is 0 Å². The molecule has 146 valence electrons. The lowest BCUT2D eigenvalue weighted by atomic mass is 9.92. The summed E-state index contributed by atoms with van der Waals surface area (Å²) >= 11 is 0. The predicted molar refractivity (Wildman–Crippen MR) is 103 cm³/mol. The lowest BCUT2D eigenvalue weighted by molar-refractivity contribution is 0.270. The number of hydrogen-bond donors (Lipinski definition) is 2. The molecule has 0 saturated heterocycles. The second kappa shape index (κ2) is 6.20. The number of H-pyrrole nitrogens is 1. The maximum absolute atomic E-state index is 14.7. The zero-order valence-corrected chi connectivity index (χ0v) is 15.4. The lowest BCUT2D eigenvalue weighted by Crippen LogP contribution is -2.16. The van der Waals surface area contributed by atoms with Gasteiger partial charge < -0.3 is 14.8 Å². The quantitative estimate of drug-likeness (QED) is 0.517. The first-order valence-corrected chi connectivity index (χ1v) is 9.47. The maximum Gasteiger partial charge on any atom is 0.171 e. The van der Waals surface area contributed by atoms with E-state index in [1.165, 1.54) is 6.07 Å². The Labute approximate surface area is 164 Å². The number of nitrogens with one attached hydrogen (secondary N) is 2. The molecular weight excluding hydrogens is 375 g/mol. The molecule has 1 aromatic carbocycles. The van der Waals surface area contributed by atoms with Gasteiger partial charge in [-0.15, -0.1) is 10.2 Å². The number of pyridine rings is 1. The molecule has 3 aromatic heterocycles. The minimum Gasteiger partial charge on any atom is -0.493 e. The summed E-state index contributed by atoms with van der Waals surface area (Å²) in [6.07, 6.45) is 4.04. The Bertz CT molecular complexity index is 1220. The molecule has 29 heavy (non-hydrogen) atoms. The summed E-state index contributed by atoms with van der Waals surface area (Å²) in [6.45, 7) is 1.34. The molecule has 0 spiro atoms. The first-order valence-electron chi connectivity index (χ1n) is 9.47. The fourth-order valence-corrected chi connectivity index (χ4v) is 4.21. The van der Waals surface area contributed by atoms with E-state index in [9.17, 15) is 4.39 Å². The van der Waals surface area contributed by atoms with Crippen molar-refractivity contribution in [3.63, 3.8) is 0 Å². The third-order valence-electron chi connectivity index (χ3n) is 5.59. The second-order valence-electron chi connectivity index (χ2n) is 7.20. The van der Waals surface area contributed by atoms with Gasteiger partial charge in [0.05, 0.1) is 18.9 Å². The number of rotatable bonds is 1. The average Bonchev–Trinajstić information content (AvgIpc) is 3.49. The molecule has 0 radical (unpaired) electrons. The third-order valence-corrected chi connectivity index (χ3v) is 5.59. The Morgan fingerprint density at radius 2 is 2.14 bits per heavy atom. The summed E-state index contributed by atoms with van der Waals surface area (Å²) in [5.74, 6) is 1.98. The Morgan fingerprint density at radius 3 is 3.03 bits per heavy atom. The van der Waals surface area contributed by atoms with Gasteiger partial charge in [-0.25, -0.2) is 4.39 Å². The largest absolute Gasteiger partial charge is 0.493 e. The topological polar surface area (TPSA) is 89.4 Å². The number of fused-ring (bicyclic) bond motifs is 3. The normalized spacial score (nSPS) is 17.8. The summed E-state index contributed by atoms with van der Waals surface area (Å²) < 4.78 is 28.5. The molecule has 0 saturated carbocycles. The van der Waals surface area contributed by atoms with Crippen molar-refractivity contribution in [1.29, 1.82) is 0 Å². The number of aromatic amines is 1. The highest BCUT2D eigenvalue weighted by atomic mass is 19.1. The second-order valence-corrected chi connectivity index (χ2v) is 7.20. The summed E-state index contributed by atoms with van der Waals surface area (Å²) in [6, 6.07) is 6.97. The van der Waals surface area contributed by atoms with Crippen molar-refractivity contribution in [2.24, 2.45) is 0 Å². The van der Waals surface area contributed by atoms with Crippen molar-refractivity contribution in [3.05, 3.63) is 53.7 Å². The zero-order valence-electron chi connectivity index (χ0n) is 15.4. The molecule has 4 aromatic rings. The molecule has 9 heteroatoms. The molecule has 0 fully saturated rings. The average molecular weight is 392 g/mol. The van der Waals surface area contributed by atoms with E-state index >= 15 is 0 Å². The van der Waals surface area contributed by atoms with Gasteiger partial charge in [-0.1, -0.05) is 0 Å². The predicted octanol–water partition coefficient (Wildman–Crippen LogP) is 3.13. The van der Waals surface area contributed by atoms with Crippen LogP contribution in [0.1, 0.15) is 23.5 Å². The van der Waals surface area contributed by atoms with Crippen molar-refractivity contribution in [3.8, 4) is 22.8 Å². The Kier molecular flexibility index (Phi) is 3.49. The fourth-order valence-electron chi connectivity index (χ4n) is 4.21. The molecule has 8 nitrogen and oxygen atoms in total. The van der Waals surface area contributed by atoms with Crippen LogP contribution in [0.3, 0.4) is 0 Å². The summed E-state index contributed by atoms with van der Waals surface area (Å²) in [7, 11) is 0. The van der Waals surface area contributed by atoms with Crippen molar-refractivity contribution in [2.75, 3.05) is 18.5 Å². The first-order chi connectivity index (χ1) is 14.3. The molecule has 6 rings (SSSR count). The molecule has 1 atom stereocenters. The highest BCUT2D eigenvalue weighted by molar-refractivity contribution is 5.79. The standard InChI is InChI=1S/C20H17FN6O2/c21-14-1-2-16-18-11(9-29-16)4-6-28-17-7-12(15-3-5-23-25-15)19-26-24-10-27(19)20(17)22-8-13(14)18/h1-3,5,7,10-11,22H,4,6,8-9H2,(H,23,25)/t11-/m0/s1. The summed E-state index contributed by atoms with van der Waals surface area (Å²) in [5, 5.41) is 18.7. The molecule has 0 bridgehead atoms. The number of anilines is 1. The monoisotopic (exact) mass is 392 g/mol. The molecule has 2 aliphatic heterocycles. The Hall–Kier alpha value is -3.62. The van der Waals surface area contributed by atoms with Gasteiger partial charge in [-0.05, 0) is 30.7 Å². The van der Waals surface area contributed by atoms with E-state index in [0.717, 1.165) is 29.0 Å². The van der Waals surface area contributed by atoms with E-state index in [4.69, 9.17) is 9.47 Å². The van der Waals surface area contributed by atoms with Crippen LogP contribution in [0.2, 0.25) is 0 Å².